The van der Waals surface area contributed by atoms with E-state index < -0.39 is 45.1 Å². The number of allylic oxidation sites excluding steroid dienone is 2. The maximum absolute atomic E-state index is 14.3. The number of hydrogen-bond acceptors (Lipinski definition) is 6. The fraction of sp³-hybridized carbons (Fsp3) is 0.233. The minimum atomic E-state index is -1.30. The smallest absolute Gasteiger partial charge is 0.297 e. The van der Waals surface area contributed by atoms with Gasteiger partial charge in [-0.15, -0.1) is 0 Å². The number of benzene rings is 3. The summed E-state index contributed by atoms with van der Waals surface area (Å²) < 4.78 is 5.12. The molecule has 4 atom stereocenters. The van der Waals surface area contributed by atoms with Gasteiger partial charge in [0.2, 0.25) is 11.8 Å². The van der Waals surface area contributed by atoms with Gasteiger partial charge in [0.05, 0.1) is 40.8 Å². The molecule has 0 radical (unpaired) electrons. The number of anilines is 1. The summed E-state index contributed by atoms with van der Waals surface area (Å²) in [7, 11) is 1.38. The van der Waals surface area contributed by atoms with E-state index in [1.165, 1.54) is 25.3 Å². The Hall–Kier alpha value is -4.59. The zero-order chi connectivity index (χ0) is 27.0. The van der Waals surface area contributed by atoms with E-state index in [1.807, 2.05) is 60.7 Å². The van der Waals surface area contributed by atoms with Crippen LogP contribution < -0.4 is 9.64 Å². The molecule has 0 unspecified atom stereocenters. The van der Waals surface area contributed by atoms with Crippen LogP contribution in [0.15, 0.2) is 78.9 Å². The molecule has 3 aromatic rings. The highest BCUT2D eigenvalue weighted by atomic mass is 16.6. The van der Waals surface area contributed by atoms with Crippen LogP contribution in [0.25, 0.3) is 11.1 Å². The molecule has 0 spiro atoms. The number of methoxy groups -OCH3 is 1. The maximum Gasteiger partial charge on any atom is 0.297 e. The van der Waals surface area contributed by atoms with E-state index in [2.05, 4.69) is 0 Å². The lowest BCUT2D eigenvalue weighted by Gasteiger charge is -2.35. The van der Waals surface area contributed by atoms with Gasteiger partial charge in [-0.05, 0) is 48.3 Å². The Bertz CT molecular complexity index is 1500. The van der Waals surface area contributed by atoms with Gasteiger partial charge in [-0.1, -0.05) is 60.7 Å². The lowest BCUT2D eigenvalue weighted by Crippen LogP contribution is -2.40. The molecular formula is C30H24N2O6. The number of hydrogen-bond donors (Lipinski definition) is 0. The second-order valence-corrected chi connectivity index (χ2v) is 10.3. The molecule has 3 aromatic carbocycles. The number of carbonyl (C=O) groups excluding carboxylic acids is 3. The molecule has 2 amide bonds. The fourth-order valence-electron chi connectivity index (χ4n) is 7.01. The largest absolute Gasteiger partial charge is 0.496 e. The van der Waals surface area contributed by atoms with Crippen molar-refractivity contribution in [3.8, 4) is 5.75 Å². The Kier molecular flexibility index (Phi) is 4.98. The van der Waals surface area contributed by atoms with Crippen molar-refractivity contribution < 1.29 is 24.0 Å². The van der Waals surface area contributed by atoms with Gasteiger partial charge in [-0.25, -0.2) is 4.90 Å². The molecule has 2 bridgehead atoms. The molecule has 2 fully saturated rings. The molecule has 1 saturated heterocycles. The van der Waals surface area contributed by atoms with Crippen LogP contribution in [-0.2, 0) is 14.4 Å². The van der Waals surface area contributed by atoms with Crippen LogP contribution >= 0.6 is 0 Å². The van der Waals surface area contributed by atoms with E-state index >= 15 is 0 Å². The fourth-order valence-corrected chi connectivity index (χ4v) is 7.01. The summed E-state index contributed by atoms with van der Waals surface area (Å²) in [5.74, 6) is -3.13. The summed E-state index contributed by atoms with van der Waals surface area (Å²) in [5.41, 5.74) is -0.0718. The highest BCUT2D eigenvalue weighted by Gasteiger charge is 2.79. The molecule has 0 aromatic heterocycles. The van der Waals surface area contributed by atoms with E-state index in [-0.39, 0.29) is 17.2 Å². The Morgan fingerprint density at radius 3 is 1.68 bits per heavy atom. The standard InChI is InChI=1S/C30H24N2O6/c1-29-22(17-10-6-4-7-11-17)23(18-12-8-5-9-13-18)30(2,28(29)35)25-24(29)26(33)31(27(25)34)20-15-14-19(38-3)16-21(20)32(36)37/h4-16,24-25H,1-3H3/t24-,25-,29-,30+/m0/s1. The molecule has 190 valence electrons. The van der Waals surface area contributed by atoms with Crippen molar-refractivity contribution in [2.75, 3.05) is 12.0 Å². The zero-order valence-corrected chi connectivity index (χ0v) is 21.0. The van der Waals surface area contributed by atoms with Gasteiger partial charge in [-0.2, -0.15) is 0 Å². The normalized spacial score (nSPS) is 27.8. The van der Waals surface area contributed by atoms with Crippen LogP contribution in [0.2, 0.25) is 0 Å². The predicted octanol–water partition coefficient (Wildman–Crippen LogP) is 4.93. The number of fused-ring (bicyclic) bond motifs is 5. The quantitative estimate of drug-likeness (QED) is 0.275. The number of rotatable bonds is 5. The highest BCUT2D eigenvalue weighted by molar-refractivity contribution is 6.34. The van der Waals surface area contributed by atoms with Crippen molar-refractivity contribution in [1.82, 2.24) is 0 Å². The van der Waals surface area contributed by atoms with Gasteiger partial charge in [0.1, 0.15) is 11.4 Å². The van der Waals surface area contributed by atoms with Gasteiger partial charge in [0.15, 0.2) is 5.78 Å². The van der Waals surface area contributed by atoms with Crippen molar-refractivity contribution in [2.24, 2.45) is 22.7 Å². The first-order chi connectivity index (χ1) is 18.2. The lowest BCUT2D eigenvalue weighted by molar-refractivity contribution is -0.384. The number of amides is 2. The average molecular weight is 509 g/mol. The van der Waals surface area contributed by atoms with E-state index in [0.29, 0.717) is 0 Å². The third-order valence-electron chi connectivity index (χ3n) is 8.53. The first-order valence-corrected chi connectivity index (χ1v) is 12.3. The third-order valence-corrected chi connectivity index (χ3v) is 8.53. The summed E-state index contributed by atoms with van der Waals surface area (Å²) in [6, 6.07) is 22.9. The highest BCUT2D eigenvalue weighted by Crippen LogP contribution is 2.73. The summed E-state index contributed by atoms with van der Waals surface area (Å²) in [6.07, 6.45) is 0. The summed E-state index contributed by atoms with van der Waals surface area (Å²) >= 11 is 0. The van der Waals surface area contributed by atoms with Crippen LogP contribution in [0.4, 0.5) is 11.4 Å². The second-order valence-electron chi connectivity index (χ2n) is 10.3. The summed E-state index contributed by atoms with van der Waals surface area (Å²) in [6.45, 7) is 3.49. The predicted molar refractivity (Wildman–Crippen MR) is 140 cm³/mol. The molecule has 8 nitrogen and oxygen atoms in total. The Balaban J connectivity index is 1.60. The first-order valence-electron chi connectivity index (χ1n) is 12.3. The molecular weight excluding hydrogens is 484 g/mol. The van der Waals surface area contributed by atoms with Gasteiger partial charge >= 0.3 is 0 Å². The Labute approximate surface area is 218 Å². The SMILES string of the molecule is COc1ccc(N2C(=O)[C@@H]3[C@@H](C2=O)[C@]2(C)C(=O)[C@@]3(C)C(c3ccccc3)=C2c2ccccc2)c([N+](=O)[O-])c1. The van der Waals surface area contributed by atoms with Gasteiger partial charge in [0.25, 0.3) is 5.69 Å². The van der Waals surface area contributed by atoms with Gasteiger partial charge < -0.3 is 4.74 Å². The third kappa shape index (κ3) is 2.77. The first kappa shape index (κ1) is 23.8. The van der Waals surface area contributed by atoms with Gasteiger partial charge in [0, 0.05) is 0 Å². The molecule has 8 heteroatoms. The number of ketones is 1. The van der Waals surface area contributed by atoms with Crippen molar-refractivity contribution in [3.63, 3.8) is 0 Å². The second kappa shape index (κ2) is 7.95. The number of nitro benzene ring substituents is 1. The van der Waals surface area contributed by atoms with Crippen LogP contribution in [0, 0.1) is 32.8 Å². The summed E-state index contributed by atoms with van der Waals surface area (Å²) in [5, 5.41) is 11.9. The molecule has 1 aliphatic heterocycles. The number of Topliss-reactive ketones (excluding diaryl/α,β-unsaturated/α-hetero) is 1. The van der Waals surface area contributed by atoms with Crippen LogP contribution in [-0.4, -0.2) is 29.6 Å². The minimum absolute atomic E-state index is 0.123. The number of nitrogens with zero attached hydrogens (tertiary/aromatic N) is 2. The van der Waals surface area contributed by atoms with Crippen LogP contribution in [0.3, 0.4) is 0 Å². The van der Waals surface area contributed by atoms with Gasteiger partial charge in [-0.3, -0.25) is 24.5 Å². The van der Waals surface area contributed by atoms with Crippen molar-refractivity contribution in [2.45, 2.75) is 13.8 Å². The molecule has 3 aliphatic rings. The number of carbonyl (C=O) groups is 3. The molecule has 1 heterocycles. The monoisotopic (exact) mass is 508 g/mol. The van der Waals surface area contributed by atoms with E-state index in [1.54, 1.807) is 13.8 Å². The van der Waals surface area contributed by atoms with E-state index in [9.17, 15) is 24.5 Å². The van der Waals surface area contributed by atoms with Crippen molar-refractivity contribution in [3.05, 3.63) is 100 Å². The number of nitro groups is 1. The lowest BCUT2D eigenvalue weighted by atomic mass is 9.63. The molecule has 0 N–H and O–H groups in total. The minimum Gasteiger partial charge on any atom is -0.496 e. The number of ether oxygens (including phenoxy) is 1. The van der Waals surface area contributed by atoms with Crippen LogP contribution in [0.5, 0.6) is 5.75 Å². The average Bonchev–Trinajstić information content (AvgIpc) is 3.38. The van der Waals surface area contributed by atoms with Crippen LogP contribution in [0.1, 0.15) is 25.0 Å². The van der Waals surface area contributed by atoms with Crippen molar-refractivity contribution in [1.29, 1.82) is 0 Å². The maximum atomic E-state index is 14.3. The topological polar surface area (TPSA) is 107 Å². The van der Waals surface area contributed by atoms with E-state index in [0.717, 1.165) is 27.2 Å². The Morgan fingerprint density at radius 1 is 0.789 bits per heavy atom. The number of imide groups is 1. The molecule has 1 saturated carbocycles. The summed E-state index contributed by atoms with van der Waals surface area (Å²) in [4.78, 5) is 54.7. The van der Waals surface area contributed by atoms with Crippen molar-refractivity contribution >= 4 is 40.1 Å². The van der Waals surface area contributed by atoms with E-state index in [4.69, 9.17) is 4.74 Å². The Morgan fingerprint density at radius 2 is 1.26 bits per heavy atom. The molecule has 38 heavy (non-hydrogen) atoms. The molecule has 2 aliphatic carbocycles. The zero-order valence-electron chi connectivity index (χ0n) is 21.0. The molecule has 6 rings (SSSR count).